The first kappa shape index (κ1) is 17.1. The number of aliphatic hydroxyl groups excluding tert-OH is 1. The number of primary amides is 1. The third kappa shape index (κ3) is 3.38. The van der Waals surface area contributed by atoms with Crippen LogP contribution in [0, 0.1) is 0 Å². The quantitative estimate of drug-likeness (QED) is 0.543. The summed E-state index contributed by atoms with van der Waals surface area (Å²) in [7, 11) is 0. The van der Waals surface area contributed by atoms with Crippen molar-refractivity contribution >= 4 is 11.8 Å². The third-order valence-electron chi connectivity index (χ3n) is 4.76. The number of carbonyl (C=O) groups is 2. The first-order valence-corrected chi connectivity index (χ1v) is 7.55. The molecule has 2 aliphatic carbocycles. The van der Waals surface area contributed by atoms with Crippen LogP contribution in [0.3, 0.4) is 0 Å². The van der Waals surface area contributed by atoms with Crippen molar-refractivity contribution in [3.05, 3.63) is 0 Å². The molecule has 0 aliphatic heterocycles. The van der Waals surface area contributed by atoms with Gasteiger partial charge in [-0.05, 0) is 12.8 Å². The van der Waals surface area contributed by atoms with Gasteiger partial charge in [0.15, 0.2) is 6.10 Å². The fourth-order valence-corrected chi connectivity index (χ4v) is 3.43. The zero-order valence-electron chi connectivity index (χ0n) is 12.4. The molecule has 0 saturated heterocycles. The minimum absolute atomic E-state index is 0.124. The lowest BCUT2D eigenvalue weighted by Gasteiger charge is -2.47. The van der Waals surface area contributed by atoms with Crippen LogP contribution in [0.2, 0.25) is 0 Å². The van der Waals surface area contributed by atoms with E-state index in [1.165, 1.54) is 0 Å². The summed E-state index contributed by atoms with van der Waals surface area (Å²) in [5.41, 5.74) is 7.88. The first-order chi connectivity index (χ1) is 10.2. The molecule has 2 aliphatic rings. The van der Waals surface area contributed by atoms with Crippen molar-refractivity contribution in [2.75, 3.05) is 0 Å². The van der Waals surface area contributed by atoms with Crippen molar-refractivity contribution in [2.45, 2.75) is 74.5 Å². The second-order valence-corrected chi connectivity index (χ2v) is 6.62. The highest BCUT2D eigenvalue weighted by Crippen LogP contribution is 2.39. The van der Waals surface area contributed by atoms with Gasteiger partial charge in [0.05, 0.1) is 11.6 Å². The van der Waals surface area contributed by atoms with Gasteiger partial charge in [-0.3, -0.25) is 9.59 Å². The lowest BCUT2D eigenvalue weighted by molar-refractivity contribution is -0.141. The van der Waals surface area contributed by atoms with Gasteiger partial charge < -0.3 is 21.9 Å². The number of nitrogens with one attached hydrogen (secondary N) is 1. The average Bonchev–Trinajstić information content (AvgIpc) is 2.81. The maximum Gasteiger partial charge on any atom is 0.248 e. The van der Waals surface area contributed by atoms with E-state index in [4.69, 9.17) is 11.5 Å². The molecule has 0 aromatic heterocycles. The SMILES string of the molecule is NC(=O)C(O)C1(NC(=O)[C@@H](N)CC2(F)CCCC2)CC(F)C1. The fourth-order valence-electron chi connectivity index (χ4n) is 3.43. The summed E-state index contributed by atoms with van der Waals surface area (Å²) >= 11 is 0. The van der Waals surface area contributed by atoms with Gasteiger partial charge in [0.25, 0.3) is 0 Å². The summed E-state index contributed by atoms with van der Waals surface area (Å²) in [6.45, 7) is 0. The normalized spacial score (nSPS) is 32.8. The monoisotopic (exact) mass is 319 g/mol. The zero-order chi connectivity index (χ0) is 16.5. The molecule has 126 valence electrons. The molecule has 0 heterocycles. The van der Waals surface area contributed by atoms with Crippen LogP contribution >= 0.6 is 0 Å². The molecule has 0 aromatic carbocycles. The summed E-state index contributed by atoms with van der Waals surface area (Å²) in [6.07, 6.45) is -1.20. The van der Waals surface area contributed by atoms with Gasteiger partial charge in [0.2, 0.25) is 11.8 Å². The maximum absolute atomic E-state index is 14.4. The highest BCUT2D eigenvalue weighted by molar-refractivity contribution is 5.86. The maximum atomic E-state index is 14.4. The number of hydrogen-bond donors (Lipinski definition) is 4. The van der Waals surface area contributed by atoms with Crippen LogP contribution in [0.5, 0.6) is 0 Å². The molecule has 2 atom stereocenters. The van der Waals surface area contributed by atoms with Gasteiger partial charge in [-0.2, -0.15) is 0 Å². The minimum atomic E-state index is -1.69. The molecule has 2 saturated carbocycles. The predicted octanol–water partition coefficient (Wildman–Crippen LogP) is -0.181. The number of hydrogen-bond acceptors (Lipinski definition) is 4. The molecular weight excluding hydrogens is 296 g/mol. The Labute approximate surface area is 127 Å². The van der Waals surface area contributed by atoms with Gasteiger partial charge in [-0.15, -0.1) is 0 Å². The smallest absolute Gasteiger partial charge is 0.248 e. The molecule has 1 unspecified atom stereocenters. The van der Waals surface area contributed by atoms with Crippen LogP contribution in [0.15, 0.2) is 0 Å². The number of alkyl halides is 2. The second kappa shape index (κ2) is 6.08. The molecule has 8 heteroatoms. The number of amides is 2. The number of nitrogens with two attached hydrogens (primary N) is 2. The molecular formula is C14H23F2N3O3. The largest absolute Gasteiger partial charge is 0.381 e. The number of halogens is 2. The molecule has 0 aromatic rings. The van der Waals surface area contributed by atoms with Crippen LogP contribution in [-0.2, 0) is 9.59 Å². The van der Waals surface area contributed by atoms with Crippen LogP contribution in [0.1, 0.15) is 44.9 Å². The Morgan fingerprint density at radius 2 is 1.86 bits per heavy atom. The van der Waals surface area contributed by atoms with Crippen LogP contribution in [0.4, 0.5) is 8.78 Å². The molecule has 0 radical (unpaired) electrons. The first-order valence-electron chi connectivity index (χ1n) is 7.55. The molecule has 0 bridgehead atoms. The van der Waals surface area contributed by atoms with Crippen LogP contribution in [0.25, 0.3) is 0 Å². The number of carbonyl (C=O) groups excluding carboxylic acids is 2. The highest BCUT2D eigenvalue weighted by atomic mass is 19.1. The predicted molar refractivity (Wildman–Crippen MR) is 75.1 cm³/mol. The van der Waals surface area contributed by atoms with Gasteiger partial charge >= 0.3 is 0 Å². The van der Waals surface area contributed by atoms with Crippen LogP contribution in [-0.4, -0.2) is 46.4 Å². The molecule has 6 nitrogen and oxygen atoms in total. The van der Waals surface area contributed by atoms with Crippen molar-refractivity contribution in [1.82, 2.24) is 5.32 Å². The summed E-state index contributed by atoms with van der Waals surface area (Å²) in [6, 6.07) is -1.11. The Hall–Kier alpha value is -1.28. The Morgan fingerprint density at radius 3 is 2.32 bits per heavy atom. The molecule has 2 rings (SSSR count). The summed E-state index contributed by atoms with van der Waals surface area (Å²) in [5.74, 6) is -1.74. The van der Waals surface area contributed by atoms with E-state index in [0.717, 1.165) is 12.8 Å². The number of rotatable bonds is 6. The van der Waals surface area contributed by atoms with E-state index < -0.39 is 41.3 Å². The van der Waals surface area contributed by atoms with Crippen molar-refractivity contribution < 1.29 is 23.5 Å². The standard InChI is InChI=1S/C14H23F2N3O3/c15-8-5-14(6-8,10(20)11(18)21)19-12(22)9(17)7-13(16)3-1-2-4-13/h8-10,20H,1-7,17H2,(H2,18,21)(H,19,22)/t8?,9-,10?,14?/m0/s1. The summed E-state index contributed by atoms with van der Waals surface area (Å²) < 4.78 is 27.5. The Morgan fingerprint density at radius 1 is 1.32 bits per heavy atom. The lowest BCUT2D eigenvalue weighted by Crippen LogP contribution is -2.69. The molecule has 6 N–H and O–H groups in total. The van der Waals surface area contributed by atoms with E-state index in [2.05, 4.69) is 5.32 Å². The van der Waals surface area contributed by atoms with Gasteiger partial charge in [0.1, 0.15) is 11.8 Å². The van der Waals surface area contributed by atoms with Crippen LogP contribution < -0.4 is 16.8 Å². The van der Waals surface area contributed by atoms with Crippen molar-refractivity contribution in [2.24, 2.45) is 11.5 Å². The van der Waals surface area contributed by atoms with E-state index in [1.807, 2.05) is 0 Å². The second-order valence-electron chi connectivity index (χ2n) is 6.62. The zero-order valence-corrected chi connectivity index (χ0v) is 12.4. The minimum Gasteiger partial charge on any atom is -0.381 e. The van der Waals surface area contributed by atoms with Crippen molar-refractivity contribution in [3.63, 3.8) is 0 Å². The van der Waals surface area contributed by atoms with E-state index in [0.29, 0.717) is 12.8 Å². The Kier molecular flexibility index (Phi) is 4.72. The molecule has 22 heavy (non-hydrogen) atoms. The molecule has 2 fully saturated rings. The fraction of sp³-hybridized carbons (Fsp3) is 0.857. The average molecular weight is 319 g/mol. The molecule has 0 spiro atoms. The number of aliphatic hydroxyl groups is 1. The third-order valence-corrected chi connectivity index (χ3v) is 4.76. The van der Waals surface area contributed by atoms with E-state index in [9.17, 15) is 23.5 Å². The molecule has 2 amide bonds. The summed E-state index contributed by atoms with van der Waals surface area (Å²) in [5, 5.41) is 12.2. The van der Waals surface area contributed by atoms with Crippen molar-refractivity contribution in [1.29, 1.82) is 0 Å². The van der Waals surface area contributed by atoms with Gasteiger partial charge in [0, 0.05) is 19.3 Å². The Balaban J connectivity index is 1.98. The van der Waals surface area contributed by atoms with Gasteiger partial charge in [-0.25, -0.2) is 8.78 Å². The van der Waals surface area contributed by atoms with E-state index in [-0.39, 0.29) is 19.3 Å². The topological polar surface area (TPSA) is 118 Å². The Bertz CT molecular complexity index is 449. The van der Waals surface area contributed by atoms with E-state index >= 15 is 0 Å². The van der Waals surface area contributed by atoms with Crippen molar-refractivity contribution in [3.8, 4) is 0 Å². The lowest BCUT2D eigenvalue weighted by atomic mass is 9.70. The summed E-state index contributed by atoms with van der Waals surface area (Å²) in [4.78, 5) is 23.3. The highest BCUT2D eigenvalue weighted by Gasteiger charge is 2.53. The van der Waals surface area contributed by atoms with Gasteiger partial charge in [-0.1, -0.05) is 12.8 Å². The van der Waals surface area contributed by atoms with E-state index in [1.54, 1.807) is 0 Å².